The number of carbonyl (C=O) groups is 2. The number of likely N-dealkylation sites (N-methyl/N-ethyl adjacent to an activating group) is 1. The van der Waals surface area contributed by atoms with Crippen LogP contribution in [-0.2, 0) is 4.79 Å². The van der Waals surface area contributed by atoms with Crippen LogP contribution in [0.15, 0.2) is 24.5 Å². The molecule has 0 saturated carbocycles. The third-order valence-corrected chi connectivity index (χ3v) is 2.88. The molecule has 1 aromatic heterocycles. The zero-order chi connectivity index (χ0) is 13.3. The molecular weight excluding hydrogens is 234 g/mol. The lowest BCUT2D eigenvalue weighted by Crippen LogP contribution is -2.27. The van der Waals surface area contributed by atoms with Crippen LogP contribution in [0.4, 0.5) is 0 Å². The first-order valence-corrected chi connectivity index (χ1v) is 5.46. The van der Waals surface area contributed by atoms with Gasteiger partial charge >= 0.3 is 5.97 Å². The molecule has 2 aromatic rings. The van der Waals surface area contributed by atoms with Crippen molar-refractivity contribution in [3.05, 3.63) is 30.1 Å². The first-order chi connectivity index (χ1) is 8.56. The van der Waals surface area contributed by atoms with E-state index in [0.717, 1.165) is 0 Å². The molecule has 0 aliphatic heterocycles. The zero-order valence-corrected chi connectivity index (χ0v) is 10.0. The highest BCUT2D eigenvalue weighted by atomic mass is 16.4. The van der Waals surface area contributed by atoms with Gasteiger partial charge in [-0.1, -0.05) is 6.07 Å². The van der Waals surface area contributed by atoms with E-state index in [1.54, 1.807) is 30.7 Å². The number of nitrogens with one attached hydrogen (secondary N) is 1. The molecule has 1 amide bonds. The van der Waals surface area contributed by atoms with Gasteiger partial charge in [-0.3, -0.25) is 4.79 Å². The van der Waals surface area contributed by atoms with Gasteiger partial charge in [0.15, 0.2) is 0 Å². The quantitative estimate of drug-likeness (QED) is 0.848. The molecule has 1 atom stereocenters. The molecule has 0 spiro atoms. The molecule has 6 nitrogen and oxygen atoms in total. The van der Waals surface area contributed by atoms with E-state index in [1.807, 2.05) is 0 Å². The van der Waals surface area contributed by atoms with Crippen LogP contribution in [0, 0.1) is 0 Å². The molecule has 0 fully saturated rings. The predicted molar refractivity (Wildman–Crippen MR) is 65.5 cm³/mol. The molecule has 0 bridgehead atoms. The van der Waals surface area contributed by atoms with Crippen molar-refractivity contribution in [1.29, 1.82) is 0 Å². The van der Waals surface area contributed by atoms with Crippen LogP contribution in [0.2, 0.25) is 0 Å². The Morgan fingerprint density at radius 1 is 1.44 bits per heavy atom. The second-order valence-electron chi connectivity index (χ2n) is 3.92. The van der Waals surface area contributed by atoms with Gasteiger partial charge in [0.1, 0.15) is 11.6 Å². The molecule has 0 radical (unpaired) electrons. The van der Waals surface area contributed by atoms with E-state index >= 15 is 0 Å². The summed E-state index contributed by atoms with van der Waals surface area (Å²) >= 11 is 0. The van der Waals surface area contributed by atoms with Gasteiger partial charge in [-0.2, -0.15) is 0 Å². The number of aromatic nitrogens is 2. The number of fused-ring (bicyclic) bond motifs is 1. The second kappa shape index (κ2) is 4.48. The molecular formula is C12H13N3O3. The zero-order valence-electron chi connectivity index (χ0n) is 10.0. The van der Waals surface area contributed by atoms with Crippen molar-refractivity contribution in [2.45, 2.75) is 13.0 Å². The smallest absolute Gasteiger partial charge is 0.337 e. The Balaban J connectivity index is 2.59. The largest absolute Gasteiger partial charge is 0.478 e. The summed E-state index contributed by atoms with van der Waals surface area (Å²) in [6, 6.07) is 4.44. The van der Waals surface area contributed by atoms with Crippen LogP contribution < -0.4 is 5.32 Å². The summed E-state index contributed by atoms with van der Waals surface area (Å²) < 4.78 is 1.65. The molecule has 2 N–H and O–H groups in total. The summed E-state index contributed by atoms with van der Waals surface area (Å²) in [6.07, 6.45) is 1.48. The van der Waals surface area contributed by atoms with Crippen molar-refractivity contribution >= 4 is 22.9 Å². The Kier molecular flexibility index (Phi) is 3.01. The predicted octanol–water partition coefficient (Wildman–Crippen LogP) is 1.04. The molecule has 0 aliphatic rings. The van der Waals surface area contributed by atoms with Crippen LogP contribution in [-0.4, -0.2) is 33.6 Å². The Morgan fingerprint density at radius 2 is 2.17 bits per heavy atom. The average molecular weight is 247 g/mol. The third-order valence-electron chi connectivity index (χ3n) is 2.88. The normalized spacial score (nSPS) is 12.3. The molecule has 0 saturated heterocycles. The summed E-state index contributed by atoms with van der Waals surface area (Å²) in [7, 11) is 1.56. The van der Waals surface area contributed by atoms with Gasteiger partial charge in [0, 0.05) is 7.05 Å². The fourth-order valence-corrected chi connectivity index (χ4v) is 1.87. The average Bonchev–Trinajstić information content (AvgIpc) is 2.80. The lowest BCUT2D eigenvalue weighted by Gasteiger charge is -2.12. The molecule has 18 heavy (non-hydrogen) atoms. The number of carboxylic acid groups (broad SMARTS) is 1. The van der Waals surface area contributed by atoms with E-state index in [9.17, 15) is 9.59 Å². The lowest BCUT2D eigenvalue weighted by atomic mass is 10.2. The van der Waals surface area contributed by atoms with Gasteiger partial charge < -0.3 is 15.0 Å². The maximum absolute atomic E-state index is 11.6. The van der Waals surface area contributed by atoms with Gasteiger partial charge in [0.05, 0.1) is 17.4 Å². The van der Waals surface area contributed by atoms with Crippen molar-refractivity contribution in [2.75, 3.05) is 7.05 Å². The Morgan fingerprint density at radius 3 is 2.78 bits per heavy atom. The number of imidazole rings is 1. The monoisotopic (exact) mass is 247 g/mol. The minimum atomic E-state index is -1.03. The van der Waals surface area contributed by atoms with Crippen LogP contribution in [0.3, 0.4) is 0 Å². The van der Waals surface area contributed by atoms with Gasteiger partial charge in [-0.05, 0) is 19.1 Å². The van der Waals surface area contributed by atoms with E-state index in [0.29, 0.717) is 11.0 Å². The van der Waals surface area contributed by atoms with E-state index in [-0.39, 0.29) is 11.5 Å². The van der Waals surface area contributed by atoms with Crippen LogP contribution >= 0.6 is 0 Å². The van der Waals surface area contributed by atoms with Gasteiger partial charge in [-0.25, -0.2) is 9.78 Å². The standard InChI is InChI=1S/C12H13N3O3/c1-7(11(16)13-2)15-6-14-10-8(12(17)18)4-3-5-9(10)15/h3-7H,1-2H3,(H,13,16)(H,17,18). The first kappa shape index (κ1) is 12.1. The molecule has 94 valence electrons. The highest BCUT2D eigenvalue weighted by Crippen LogP contribution is 2.21. The summed E-state index contributed by atoms with van der Waals surface area (Å²) in [5, 5.41) is 11.6. The molecule has 0 aliphatic carbocycles. The van der Waals surface area contributed by atoms with Crippen molar-refractivity contribution in [3.63, 3.8) is 0 Å². The topological polar surface area (TPSA) is 84.2 Å². The number of hydrogen-bond donors (Lipinski definition) is 2. The first-order valence-electron chi connectivity index (χ1n) is 5.46. The van der Waals surface area contributed by atoms with Crippen molar-refractivity contribution < 1.29 is 14.7 Å². The van der Waals surface area contributed by atoms with Gasteiger partial charge in [0.25, 0.3) is 0 Å². The molecule has 2 rings (SSSR count). The minimum Gasteiger partial charge on any atom is -0.478 e. The third kappa shape index (κ3) is 1.81. The summed E-state index contributed by atoms with van der Waals surface area (Å²) in [6.45, 7) is 1.73. The van der Waals surface area contributed by atoms with Crippen LogP contribution in [0.25, 0.3) is 11.0 Å². The van der Waals surface area contributed by atoms with E-state index < -0.39 is 12.0 Å². The maximum Gasteiger partial charge on any atom is 0.337 e. The fraction of sp³-hybridized carbons (Fsp3) is 0.250. The maximum atomic E-state index is 11.6. The number of hydrogen-bond acceptors (Lipinski definition) is 3. The van der Waals surface area contributed by atoms with E-state index in [1.165, 1.54) is 12.4 Å². The number of rotatable bonds is 3. The summed E-state index contributed by atoms with van der Waals surface area (Å²) in [5.74, 6) is -1.19. The summed E-state index contributed by atoms with van der Waals surface area (Å²) in [4.78, 5) is 26.7. The Labute approximate surface area is 103 Å². The summed E-state index contributed by atoms with van der Waals surface area (Å²) in [5.41, 5.74) is 1.15. The molecule has 1 heterocycles. The number of nitrogens with zero attached hydrogens (tertiary/aromatic N) is 2. The molecule has 6 heteroatoms. The van der Waals surface area contributed by atoms with Gasteiger partial charge in [0.2, 0.25) is 5.91 Å². The highest BCUT2D eigenvalue weighted by Gasteiger charge is 2.18. The van der Waals surface area contributed by atoms with E-state index in [2.05, 4.69) is 10.3 Å². The van der Waals surface area contributed by atoms with Crippen molar-refractivity contribution in [3.8, 4) is 0 Å². The molecule has 1 aromatic carbocycles. The van der Waals surface area contributed by atoms with Crippen LogP contribution in [0.1, 0.15) is 23.3 Å². The van der Waals surface area contributed by atoms with E-state index in [4.69, 9.17) is 5.11 Å². The minimum absolute atomic E-state index is 0.135. The SMILES string of the molecule is CNC(=O)C(C)n1cnc2c(C(=O)O)cccc21. The number of carboxylic acids is 1. The second-order valence-corrected chi connectivity index (χ2v) is 3.92. The van der Waals surface area contributed by atoms with Crippen molar-refractivity contribution in [2.24, 2.45) is 0 Å². The van der Waals surface area contributed by atoms with Crippen molar-refractivity contribution in [1.82, 2.24) is 14.9 Å². The fourth-order valence-electron chi connectivity index (χ4n) is 1.87. The number of para-hydroxylation sites is 1. The number of amides is 1. The van der Waals surface area contributed by atoms with Crippen LogP contribution in [0.5, 0.6) is 0 Å². The lowest BCUT2D eigenvalue weighted by molar-refractivity contribution is -0.123. The van der Waals surface area contributed by atoms with Gasteiger partial charge in [-0.15, -0.1) is 0 Å². The number of carbonyl (C=O) groups excluding carboxylic acids is 1. The number of aromatic carboxylic acids is 1. The molecule has 1 unspecified atom stereocenters. The number of benzene rings is 1. The highest BCUT2D eigenvalue weighted by molar-refractivity contribution is 6.01. The Hall–Kier alpha value is -2.37. The Bertz CT molecular complexity index is 618.